The molecule has 1 aromatic heterocycles. The van der Waals surface area contributed by atoms with Crippen molar-refractivity contribution in [3.8, 4) is 0 Å². The van der Waals surface area contributed by atoms with Crippen LogP contribution in [-0.4, -0.2) is 38.8 Å². The van der Waals surface area contributed by atoms with E-state index in [1.54, 1.807) is 5.57 Å². The van der Waals surface area contributed by atoms with E-state index in [0.29, 0.717) is 11.8 Å². The monoisotopic (exact) mass is 329 g/mol. The highest BCUT2D eigenvalue weighted by molar-refractivity contribution is 5.66. The predicted molar refractivity (Wildman–Crippen MR) is 91.5 cm³/mol. The number of carboxylic acids is 1. The van der Waals surface area contributed by atoms with Gasteiger partial charge in [-0.05, 0) is 36.2 Å². The van der Waals surface area contributed by atoms with Crippen molar-refractivity contribution in [3.63, 3.8) is 0 Å². The third kappa shape index (κ3) is 2.69. The normalized spacial score (nSPS) is 28.0. The quantitative estimate of drug-likeness (QED) is 0.844. The minimum absolute atomic E-state index is 0.158. The maximum absolute atomic E-state index is 10.7. The lowest BCUT2D eigenvalue weighted by Crippen LogP contribution is -2.50. The Morgan fingerprint density at radius 1 is 1.42 bits per heavy atom. The molecule has 0 radical (unpaired) electrons. The molecule has 2 atom stereocenters. The third-order valence-corrected chi connectivity index (χ3v) is 6.51. The Labute approximate surface area is 143 Å². The van der Waals surface area contributed by atoms with Crippen molar-refractivity contribution < 1.29 is 9.90 Å². The Kier molecular flexibility index (Phi) is 3.79. The zero-order valence-electron chi connectivity index (χ0n) is 14.7. The van der Waals surface area contributed by atoms with Gasteiger partial charge in [-0.15, -0.1) is 0 Å². The lowest BCUT2D eigenvalue weighted by Gasteiger charge is -2.57. The predicted octanol–water partition coefficient (Wildman–Crippen LogP) is 2.71. The molecule has 5 rings (SSSR count). The fourth-order valence-electron chi connectivity index (χ4n) is 4.79. The number of fused-ring (bicyclic) bond motifs is 2. The molecule has 2 bridgehead atoms. The number of carbonyl (C=O) groups is 1. The number of hydrogen-bond acceptors (Lipinski definition) is 3. The van der Waals surface area contributed by atoms with Crippen LogP contribution in [0.2, 0.25) is 0 Å². The minimum Gasteiger partial charge on any atom is -0.481 e. The largest absolute Gasteiger partial charge is 0.481 e. The maximum Gasteiger partial charge on any atom is 0.303 e. The number of carboxylic acid groups (broad SMARTS) is 1. The second-order valence-corrected chi connectivity index (χ2v) is 8.28. The molecule has 1 N–H and O–H groups in total. The lowest BCUT2D eigenvalue weighted by molar-refractivity contribution is -0.136. The molecule has 0 amide bonds. The van der Waals surface area contributed by atoms with E-state index in [1.165, 1.54) is 18.5 Å². The molecule has 130 valence electrons. The summed E-state index contributed by atoms with van der Waals surface area (Å²) in [6.45, 7) is 8.80. The Morgan fingerprint density at radius 3 is 2.96 bits per heavy atom. The molecule has 4 aliphatic rings. The van der Waals surface area contributed by atoms with Crippen molar-refractivity contribution in [2.24, 2.45) is 17.3 Å². The summed E-state index contributed by atoms with van der Waals surface area (Å²) < 4.78 is 2.06. The van der Waals surface area contributed by atoms with Crippen LogP contribution in [0.15, 0.2) is 17.7 Å². The van der Waals surface area contributed by atoms with Crippen LogP contribution in [0.1, 0.15) is 44.5 Å². The van der Waals surface area contributed by atoms with E-state index >= 15 is 0 Å². The molecule has 0 unspecified atom stereocenters. The van der Waals surface area contributed by atoms with Crippen molar-refractivity contribution in [1.29, 1.82) is 0 Å². The highest BCUT2D eigenvalue weighted by Gasteiger charge is 2.51. The zero-order chi connectivity index (χ0) is 16.9. The van der Waals surface area contributed by atoms with Crippen LogP contribution in [0.5, 0.6) is 0 Å². The molecule has 0 aromatic carbocycles. The van der Waals surface area contributed by atoms with Crippen molar-refractivity contribution in [2.45, 2.75) is 52.6 Å². The van der Waals surface area contributed by atoms with Crippen LogP contribution in [0.3, 0.4) is 0 Å². The molecule has 1 aromatic rings. The summed E-state index contributed by atoms with van der Waals surface area (Å²) >= 11 is 0. The van der Waals surface area contributed by atoms with Crippen molar-refractivity contribution in [3.05, 3.63) is 29.1 Å². The van der Waals surface area contributed by atoms with Gasteiger partial charge in [-0.3, -0.25) is 14.4 Å². The molecule has 2 heterocycles. The fourth-order valence-corrected chi connectivity index (χ4v) is 4.79. The van der Waals surface area contributed by atoms with Gasteiger partial charge in [0.15, 0.2) is 0 Å². The standard InChI is InChI=1S/C19H27N3O2/c1-19(2)14-4-3-13(17(19)9-14)11-21-7-8-22-16(12-21)10-15(20-22)5-6-18(23)24/h3,10,14,17H,4-9,11-12H2,1-2H3,(H,23,24)/t14-,17-/m0/s1. The minimum atomic E-state index is -0.756. The van der Waals surface area contributed by atoms with E-state index in [4.69, 9.17) is 5.11 Å². The highest BCUT2D eigenvalue weighted by Crippen LogP contribution is 2.59. The van der Waals surface area contributed by atoms with Crippen LogP contribution in [-0.2, 0) is 24.3 Å². The highest BCUT2D eigenvalue weighted by atomic mass is 16.4. The molecular weight excluding hydrogens is 302 g/mol. The van der Waals surface area contributed by atoms with E-state index in [9.17, 15) is 4.79 Å². The van der Waals surface area contributed by atoms with Gasteiger partial charge < -0.3 is 5.11 Å². The van der Waals surface area contributed by atoms with Gasteiger partial charge in [0.25, 0.3) is 0 Å². The van der Waals surface area contributed by atoms with E-state index in [-0.39, 0.29) is 6.42 Å². The van der Waals surface area contributed by atoms with Crippen molar-refractivity contribution >= 4 is 5.97 Å². The summed E-state index contributed by atoms with van der Waals surface area (Å²) in [6, 6.07) is 2.09. The molecule has 1 fully saturated rings. The Bertz CT molecular complexity index is 689. The van der Waals surface area contributed by atoms with Crippen molar-refractivity contribution in [2.75, 3.05) is 13.1 Å². The van der Waals surface area contributed by atoms with Gasteiger partial charge in [0.2, 0.25) is 0 Å². The molecule has 1 aliphatic heterocycles. The maximum atomic E-state index is 10.7. The van der Waals surface area contributed by atoms with Crippen LogP contribution < -0.4 is 0 Å². The van der Waals surface area contributed by atoms with Gasteiger partial charge in [0, 0.05) is 26.1 Å². The molecular formula is C19H27N3O2. The first-order chi connectivity index (χ1) is 11.4. The number of rotatable bonds is 5. The van der Waals surface area contributed by atoms with Gasteiger partial charge in [-0.25, -0.2) is 0 Å². The van der Waals surface area contributed by atoms with Gasteiger partial charge >= 0.3 is 5.97 Å². The Balaban J connectivity index is 1.40. The fraction of sp³-hybridized carbons (Fsp3) is 0.684. The van der Waals surface area contributed by atoms with Crippen LogP contribution in [0.4, 0.5) is 0 Å². The Hall–Kier alpha value is -1.62. The summed E-state index contributed by atoms with van der Waals surface area (Å²) in [5, 5.41) is 13.4. The molecule has 24 heavy (non-hydrogen) atoms. The summed E-state index contributed by atoms with van der Waals surface area (Å²) in [5.41, 5.74) is 4.27. The smallest absolute Gasteiger partial charge is 0.303 e. The third-order valence-electron chi connectivity index (χ3n) is 6.51. The SMILES string of the molecule is CC1(C)[C@H]2CC=C(CN3CCn4nc(CCC(=O)O)cc4C3)[C@@H]1C2. The second-order valence-electron chi connectivity index (χ2n) is 8.28. The first kappa shape index (κ1) is 15.9. The summed E-state index contributed by atoms with van der Waals surface area (Å²) in [7, 11) is 0. The van der Waals surface area contributed by atoms with Gasteiger partial charge in [0.05, 0.1) is 24.4 Å². The van der Waals surface area contributed by atoms with E-state index in [2.05, 4.69) is 40.7 Å². The van der Waals surface area contributed by atoms with Gasteiger partial charge in [-0.1, -0.05) is 25.5 Å². The molecule has 0 spiro atoms. The summed E-state index contributed by atoms with van der Waals surface area (Å²) in [6.07, 6.45) is 5.81. The average Bonchev–Trinajstić information content (AvgIpc) is 2.95. The van der Waals surface area contributed by atoms with Crippen molar-refractivity contribution in [1.82, 2.24) is 14.7 Å². The molecule has 1 saturated carbocycles. The molecule has 0 saturated heterocycles. The molecule has 5 heteroatoms. The second kappa shape index (κ2) is 5.73. The van der Waals surface area contributed by atoms with E-state index < -0.39 is 5.97 Å². The number of nitrogens with zero attached hydrogens (tertiary/aromatic N) is 3. The number of allylic oxidation sites excluding steroid dienone is 1. The zero-order valence-corrected chi connectivity index (χ0v) is 14.7. The van der Waals surface area contributed by atoms with Gasteiger partial charge in [-0.2, -0.15) is 5.10 Å². The Morgan fingerprint density at radius 2 is 2.25 bits per heavy atom. The first-order valence-corrected chi connectivity index (χ1v) is 9.12. The van der Waals surface area contributed by atoms with E-state index in [0.717, 1.165) is 43.7 Å². The van der Waals surface area contributed by atoms with Crippen LogP contribution in [0, 0.1) is 17.3 Å². The van der Waals surface area contributed by atoms with Crippen LogP contribution >= 0.6 is 0 Å². The average molecular weight is 329 g/mol. The number of aliphatic carboxylic acids is 1. The first-order valence-electron chi connectivity index (χ1n) is 9.12. The number of aryl methyl sites for hydroxylation is 1. The molecule has 5 nitrogen and oxygen atoms in total. The number of aromatic nitrogens is 2. The van der Waals surface area contributed by atoms with E-state index in [1.807, 2.05) is 0 Å². The lowest BCUT2D eigenvalue weighted by atomic mass is 9.49. The van der Waals surface area contributed by atoms with Crippen LogP contribution in [0.25, 0.3) is 0 Å². The number of hydrogen-bond donors (Lipinski definition) is 1. The molecule has 3 aliphatic carbocycles. The summed E-state index contributed by atoms with van der Waals surface area (Å²) in [5.74, 6) is 0.910. The van der Waals surface area contributed by atoms with Gasteiger partial charge in [0.1, 0.15) is 0 Å². The summed E-state index contributed by atoms with van der Waals surface area (Å²) in [4.78, 5) is 13.3. The topological polar surface area (TPSA) is 58.4 Å².